The number of likely N-dealkylation sites (N-methyl/N-ethyl adjacent to an activating group) is 1. The molecule has 208 valence electrons. The van der Waals surface area contributed by atoms with E-state index in [0.717, 1.165) is 15.4 Å². The highest BCUT2D eigenvalue weighted by Gasteiger charge is 2.33. The third-order valence-electron chi connectivity index (χ3n) is 6.07. The average molecular weight is 572 g/mol. The van der Waals surface area contributed by atoms with Crippen LogP contribution in [-0.4, -0.2) is 62.2 Å². The van der Waals surface area contributed by atoms with Crippen LogP contribution in [0, 0.1) is 0 Å². The summed E-state index contributed by atoms with van der Waals surface area (Å²) in [5.41, 5.74) is 1.60. The van der Waals surface area contributed by atoms with Gasteiger partial charge in [0.25, 0.3) is 0 Å². The number of rotatable bonds is 12. The van der Waals surface area contributed by atoms with E-state index in [0.29, 0.717) is 10.8 Å². The minimum Gasteiger partial charge on any atom is -0.497 e. The van der Waals surface area contributed by atoms with Crippen LogP contribution in [0.25, 0.3) is 0 Å². The van der Waals surface area contributed by atoms with Gasteiger partial charge in [0, 0.05) is 31.1 Å². The number of sulfonamides is 1. The highest BCUT2D eigenvalue weighted by atomic mass is 35.5. The van der Waals surface area contributed by atoms with Gasteiger partial charge in [0.05, 0.1) is 18.6 Å². The Labute approximate surface area is 235 Å². The third-order valence-corrected chi connectivity index (χ3v) is 8.14. The summed E-state index contributed by atoms with van der Waals surface area (Å²) in [5, 5.41) is 3.32. The van der Waals surface area contributed by atoms with Gasteiger partial charge in [-0.25, -0.2) is 8.42 Å². The molecule has 10 heteroatoms. The molecule has 0 aliphatic rings. The molecule has 0 aromatic heterocycles. The Balaban J connectivity index is 1.98. The van der Waals surface area contributed by atoms with Gasteiger partial charge >= 0.3 is 0 Å². The maximum Gasteiger partial charge on any atom is 0.243 e. The molecule has 0 spiro atoms. The molecule has 1 atom stereocenters. The second-order valence-electron chi connectivity index (χ2n) is 9.46. The summed E-state index contributed by atoms with van der Waals surface area (Å²) in [4.78, 5) is 28.8. The number of methoxy groups -OCH3 is 1. The first-order valence-corrected chi connectivity index (χ1v) is 14.3. The van der Waals surface area contributed by atoms with Crippen LogP contribution in [0.1, 0.15) is 25.0 Å². The topological polar surface area (TPSA) is 96.0 Å². The van der Waals surface area contributed by atoms with Gasteiger partial charge in [-0.05, 0) is 61.4 Å². The number of hydrogen-bond acceptors (Lipinski definition) is 5. The highest BCUT2D eigenvalue weighted by molar-refractivity contribution is 7.89. The molecule has 1 N–H and O–H groups in total. The number of nitrogens with zero attached hydrogens (tertiary/aromatic N) is 2. The van der Waals surface area contributed by atoms with Gasteiger partial charge in [-0.1, -0.05) is 54.1 Å². The molecule has 8 nitrogen and oxygen atoms in total. The minimum atomic E-state index is -3.99. The van der Waals surface area contributed by atoms with Crippen LogP contribution in [0.3, 0.4) is 0 Å². The van der Waals surface area contributed by atoms with Crippen molar-refractivity contribution in [2.75, 3.05) is 20.7 Å². The van der Waals surface area contributed by atoms with E-state index < -0.39 is 28.5 Å². The molecule has 0 heterocycles. The molecule has 0 radical (unpaired) electrons. The number of carbonyl (C=O) groups is 2. The largest absolute Gasteiger partial charge is 0.497 e. The summed E-state index contributed by atoms with van der Waals surface area (Å²) in [6.07, 6.45) is 0.253. The van der Waals surface area contributed by atoms with Crippen LogP contribution in [0.2, 0.25) is 5.02 Å². The number of amides is 2. The lowest BCUT2D eigenvalue weighted by atomic mass is 10.0. The number of halogens is 1. The van der Waals surface area contributed by atoms with E-state index in [9.17, 15) is 18.0 Å². The van der Waals surface area contributed by atoms with Gasteiger partial charge in [-0.15, -0.1) is 0 Å². The van der Waals surface area contributed by atoms with Crippen molar-refractivity contribution < 1.29 is 22.7 Å². The normalized spacial score (nSPS) is 12.3. The fraction of sp³-hybridized carbons (Fsp3) is 0.310. The molecule has 39 heavy (non-hydrogen) atoms. The molecular formula is C29H34ClN3O5S. The number of carbonyl (C=O) groups excluding carboxylic acids is 2. The first-order valence-electron chi connectivity index (χ1n) is 12.5. The molecule has 3 aromatic carbocycles. The fourth-order valence-corrected chi connectivity index (χ4v) is 5.30. The SMILES string of the molecule is COc1cccc(CN(C(=O)CN(C)S(=O)(=O)c2ccc(Cl)cc2)[C@@H](Cc2ccccc2)C(=O)NC(C)C)c1. The van der Waals surface area contributed by atoms with Crippen molar-refractivity contribution in [2.24, 2.45) is 0 Å². The maximum absolute atomic E-state index is 13.9. The lowest BCUT2D eigenvalue weighted by molar-refractivity contribution is -0.141. The minimum absolute atomic E-state index is 0.0138. The Morgan fingerprint density at radius 2 is 1.59 bits per heavy atom. The molecule has 0 bridgehead atoms. The zero-order valence-electron chi connectivity index (χ0n) is 22.5. The molecular weight excluding hydrogens is 538 g/mol. The predicted molar refractivity (Wildman–Crippen MR) is 152 cm³/mol. The Morgan fingerprint density at radius 1 is 0.949 bits per heavy atom. The standard InChI is InChI=1S/C29H34ClN3O5S/c1-21(2)31-29(35)27(18-22-9-6-5-7-10-22)33(19-23-11-8-12-25(17-23)38-4)28(34)20-32(3)39(36,37)26-15-13-24(30)14-16-26/h5-17,21,27H,18-20H2,1-4H3,(H,31,35)/t27-/m0/s1. The number of hydrogen-bond donors (Lipinski definition) is 1. The lowest BCUT2D eigenvalue weighted by Crippen LogP contribution is -2.53. The van der Waals surface area contributed by atoms with Crippen LogP contribution >= 0.6 is 11.6 Å². The van der Waals surface area contributed by atoms with Gasteiger partial charge < -0.3 is 15.0 Å². The Morgan fingerprint density at radius 3 is 2.21 bits per heavy atom. The van der Waals surface area contributed by atoms with E-state index in [-0.39, 0.29) is 29.8 Å². The van der Waals surface area contributed by atoms with Crippen LogP contribution in [-0.2, 0) is 32.6 Å². The molecule has 0 saturated carbocycles. The molecule has 3 aromatic rings. The van der Waals surface area contributed by atoms with Crippen LogP contribution in [0.5, 0.6) is 5.75 Å². The number of nitrogens with one attached hydrogen (secondary N) is 1. The van der Waals surface area contributed by atoms with E-state index in [1.807, 2.05) is 50.2 Å². The summed E-state index contributed by atoms with van der Waals surface area (Å²) < 4.78 is 32.7. The molecule has 0 aliphatic carbocycles. The van der Waals surface area contributed by atoms with Crippen LogP contribution in [0.4, 0.5) is 0 Å². The Hall–Kier alpha value is -3.40. The Kier molecular flexibility index (Phi) is 10.5. The summed E-state index contributed by atoms with van der Waals surface area (Å²) in [6.45, 7) is 3.30. The monoisotopic (exact) mass is 571 g/mol. The zero-order valence-corrected chi connectivity index (χ0v) is 24.1. The van der Waals surface area contributed by atoms with Gasteiger partial charge in [0.1, 0.15) is 11.8 Å². The van der Waals surface area contributed by atoms with Gasteiger partial charge in [0.15, 0.2) is 0 Å². The van der Waals surface area contributed by atoms with Crippen molar-refractivity contribution >= 4 is 33.4 Å². The second-order valence-corrected chi connectivity index (χ2v) is 11.9. The molecule has 0 unspecified atom stereocenters. The molecule has 3 rings (SSSR count). The smallest absolute Gasteiger partial charge is 0.243 e. The molecule has 0 fully saturated rings. The number of ether oxygens (including phenoxy) is 1. The Bertz CT molecular complexity index is 1370. The van der Waals surface area contributed by atoms with Crippen molar-refractivity contribution in [1.29, 1.82) is 0 Å². The fourth-order valence-electron chi connectivity index (χ4n) is 4.05. The van der Waals surface area contributed by atoms with Crippen molar-refractivity contribution in [1.82, 2.24) is 14.5 Å². The third kappa shape index (κ3) is 8.29. The molecule has 0 aliphatic heterocycles. The second kappa shape index (κ2) is 13.6. The van der Waals surface area contributed by atoms with Crippen molar-refractivity contribution in [2.45, 2.75) is 43.8 Å². The first kappa shape index (κ1) is 30.1. The predicted octanol–water partition coefficient (Wildman–Crippen LogP) is 4.13. The highest BCUT2D eigenvalue weighted by Crippen LogP contribution is 2.21. The van der Waals surface area contributed by atoms with Crippen molar-refractivity contribution in [3.05, 3.63) is 95.0 Å². The molecule has 2 amide bonds. The quantitative estimate of drug-likeness (QED) is 0.353. The van der Waals surface area contributed by atoms with Gasteiger partial charge in [-0.2, -0.15) is 4.31 Å². The molecule has 0 saturated heterocycles. The van der Waals surface area contributed by atoms with Gasteiger partial charge in [-0.3, -0.25) is 9.59 Å². The first-order chi connectivity index (χ1) is 18.5. The van der Waals surface area contributed by atoms with Gasteiger partial charge in [0.2, 0.25) is 21.8 Å². The maximum atomic E-state index is 13.9. The summed E-state index contributed by atoms with van der Waals surface area (Å²) in [5.74, 6) is -0.236. The van der Waals surface area contributed by atoms with E-state index in [1.54, 1.807) is 25.3 Å². The number of benzene rings is 3. The van der Waals surface area contributed by atoms with E-state index in [2.05, 4.69) is 5.32 Å². The van der Waals surface area contributed by atoms with E-state index >= 15 is 0 Å². The summed E-state index contributed by atoms with van der Waals surface area (Å²) in [7, 11) is -1.10. The van der Waals surface area contributed by atoms with Crippen LogP contribution in [0.15, 0.2) is 83.8 Å². The summed E-state index contributed by atoms with van der Waals surface area (Å²) in [6, 6.07) is 21.3. The average Bonchev–Trinajstić information content (AvgIpc) is 2.91. The van der Waals surface area contributed by atoms with Crippen molar-refractivity contribution in [3.8, 4) is 5.75 Å². The zero-order chi connectivity index (χ0) is 28.6. The summed E-state index contributed by atoms with van der Waals surface area (Å²) >= 11 is 5.92. The van der Waals surface area contributed by atoms with Crippen molar-refractivity contribution in [3.63, 3.8) is 0 Å². The van der Waals surface area contributed by atoms with E-state index in [1.165, 1.54) is 36.2 Å². The van der Waals surface area contributed by atoms with Crippen LogP contribution < -0.4 is 10.1 Å². The van der Waals surface area contributed by atoms with E-state index in [4.69, 9.17) is 16.3 Å². The lowest BCUT2D eigenvalue weighted by Gasteiger charge is -2.33.